The Morgan fingerprint density at radius 3 is 2.38 bits per heavy atom. The van der Waals surface area contributed by atoms with E-state index in [0.29, 0.717) is 12.6 Å². The molecule has 1 aromatic carbocycles. The van der Waals surface area contributed by atoms with Crippen molar-refractivity contribution in [3.05, 3.63) is 35.6 Å². The third kappa shape index (κ3) is 5.27. The molecule has 1 aromatic rings. The van der Waals surface area contributed by atoms with Crippen LogP contribution in [-0.2, 0) is 11.3 Å². The SMILES string of the molecule is C[C@@H](C(=O)NC(=O)NC1CCCCC1)[NH+](Cc1ccc(F)cc1)C1CC1. The van der Waals surface area contributed by atoms with Crippen molar-refractivity contribution in [3.8, 4) is 0 Å². The van der Waals surface area contributed by atoms with E-state index in [1.54, 1.807) is 12.1 Å². The van der Waals surface area contributed by atoms with Crippen LogP contribution in [0.15, 0.2) is 24.3 Å². The summed E-state index contributed by atoms with van der Waals surface area (Å²) in [6.45, 7) is 2.52. The molecule has 0 aromatic heterocycles. The van der Waals surface area contributed by atoms with E-state index in [2.05, 4.69) is 10.6 Å². The lowest BCUT2D eigenvalue weighted by Crippen LogP contribution is -3.16. The van der Waals surface area contributed by atoms with E-state index >= 15 is 0 Å². The number of amides is 3. The topological polar surface area (TPSA) is 62.6 Å². The zero-order valence-corrected chi connectivity index (χ0v) is 15.4. The summed E-state index contributed by atoms with van der Waals surface area (Å²) in [6, 6.07) is 6.32. The highest BCUT2D eigenvalue weighted by Crippen LogP contribution is 2.18. The van der Waals surface area contributed by atoms with Gasteiger partial charge in [0, 0.05) is 24.4 Å². The van der Waals surface area contributed by atoms with E-state index in [1.807, 2.05) is 6.92 Å². The van der Waals surface area contributed by atoms with E-state index in [9.17, 15) is 14.0 Å². The first-order valence-corrected chi connectivity index (χ1v) is 9.74. The molecule has 3 rings (SSSR count). The molecule has 0 aliphatic heterocycles. The van der Waals surface area contributed by atoms with Crippen LogP contribution in [0.1, 0.15) is 57.4 Å². The summed E-state index contributed by atoms with van der Waals surface area (Å²) in [4.78, 5) is 25.8. The number of quaternary nitrogens is 1. The number of benzene rings is 1. The van der Waals surface area contributed by atoms with Crippen LogP contribution in [0.3, 0.4) is 0 Å². The molecule has 1 unspecified atom stereocenters. The van der Waals surface area contributed by atoms with Gasteiger partial charge in [0.1, 0.15) is 12.4 Å². The van der Waals surface area contributed by atoms with Crippen LogP contribution >= 0.6 is 0 Å². The summed E-state index contributed by atoms with van der Waals surface area (Å²) in [5.74, 6) is -0.505. The van der Waals surface area contributed by atoms with Crippen LogP contribution in [0.25, 0.3) is 0 Å². The lowest BCUT2D eigenvalue weighted by Gasteiger charge is -2.26. The molecule has 2 aliphatic carbocycles. The van der Waals surface area contributed by atoms with Crippen molar-refractivity contribution in [1.29, 1.82) is 0 Å². The molecule has 5 nitrogen and oxygen atoms in total. The van der Waals surface area contributed by atoms with Gasteiger partial charge in [0.05, 0.1) is 6.04 Å². The molecule has 3 N–H and O–H groups in total. The number of urea groups is 1. The first kappa shape index (κ1) is 18.8. The summed E-state index contributed by atoms with van der Waals surface area (Å²) >= 11 is 0. The quantitative estimate of drug-likeness (QED) is 0.724. The predicted octanol–water partition coefficient (Wildman–Crippen LogP) is 1.92. The highest BCUT2D eigenvalue weighted by Gasteiger charge is 2.39. The first-order valence-electron chi connectivity index (χ1n) is 9.74. The minimum absolute atomic E-state index is 0.179. The van der Waals surface area contributed by atoms with Gasteiger partial charge in [-0.2, -0.15) is 0 Å². The van der Waals surface area contributed by atoms with Gasteiger partial charge in [0.25, 0.3) is 5.91 Å². The Morgan fingerprint density at radius 1 is 1.12 bits per heavy atom. The molecule has 2 saturated carbocycles. The van der Waals surface area contributed by atoms with Gasteiger partial charge in [-0.15, -0.1) is 0 Å². The van der Waals surface area contributed by atoms with E-state index in [4.69, 9.17) is 0 Å². The van der Waals surface area contributed by atoms with Crippen LogP contribution in [0.2, 0.25) is 0 Å². The third-order valence-corrected chi connectivity index (χ3v) is 5.55. The molecular weight excluding hydrogens is 333 g/mol. The summed E-state index contributed by atoms with van der Waals surface area (Å²) < 4.78 is 13.1. The minimum Gasteiger partial charge on any atom is -0.335 e. The van der Waals surface area contributed by atoms with Gasteiger partial charge < -0.3 is 10.2 Å². The minimum atomic E-state index is -0.384. The lowest BCUT2D eigenvalue weighted by atomic mass is 9.96. The average Bonchev–Trinajstić information content (AvgIpc) is 3.46. The maximum absolute atomic E-state index is 13.1. The van der Waals surface area contributed by atoms with Crippen molar-refractivity contribution in [2.75, 3.05) is 0 Å². The number of hydrogen-bond acceptors (Lipinski definition) is 2. The number of hydrogen-bond donors (Lipinski definition) is 3. The molecule has 2 aliphatic rings. The highest BCUT2D eigenvalue weighted by molar-refractivity contribution is 5.96. The van der Waals surface area contributed by atoms with Crippen molar-refractivity contribution in [2.45, 2.75) is 76.5 Å². The Labute approximate surface area is 154 Å². The number of nitrogens with one attached hydrogen (secondary N) is 3. The van der Waals surface area contributed by atoms with Crippen LogP contribution in [-0.4, -0.2) is 30.1 Å². The molecule has 0 radical (unpaired) electrons. The standard InChI is InChI=1S/C20H28FN3O2/c1-14(19(25)23-20(26)22-17-5-3-2-4-6-17)24(18-11-12-18)13-15-7-9-16(21)10-8-15/h7-10,14,17-18H,2-6,11-13H2,1H3,(H2,22,23,25,26)/p+1/t14-/m0/s1. The Bertz CT molecular complexity index is 624. The van der Waals surface area contributed by atoms with Gasteiger partial charge in [-0.1, -0.05) is 31.4 Å². The number of carbonyl (C=O) groups is 2. The zero-order chi connectivity index (χ0) is 18.5. The summed E-state index contributed by atoms with van der Waals surface area (Å²) in [5, 5.41) is 5.44. The molecular formula is C20H29FN3O2+. The first-order chi connectivity index (χ1) is 12.5. The fourth-order valence-electron chi connectivity index (χ4n) is 3.80. The van der Waals surface area contributed by atoms with E-state index in [-0.39, 0.29) is 29.8 Å². The van der Waals surface area contributed by atoms with Crippen LogP contribution in [0.4, 0.5) is 9.18 Å². The van der Waals surface area contributed by atoms with Crippen LogP contribution in [0.5, 0.6) is 0 Å². The van der Waals surface area contributed by atoms with Crippen molar-refractivity contribution >= 4 is 11.9 Å². The molecule has 0 heterocycles. The van der Waals surface area contributed by atoms with Gasteiger partial charge in [0.2, 0.25) is 0 Å². The van der Waals surface area contributed by atoms with E-state index in [1.165, 1.54) is 18.6 Å². The van der Waals surface area contributed by atoms with Gasteiger partial charge >= 0.3 is 6.03 Å². The summed E-state index contributed by atoms with van der Waals surface area (Å²) in [7, 11) is 0. The largest absolute Gasteiger partial charge is 0.335 e. The number of rotatable bonds is 6. The van der Waals surface area contributed by atoms with Gasteiger partial charge in [-0.25, -0.2) is 9.18 Å². The van der Waals surface area contributed by atoms with Crippen molar-refractivity contribution in [2.24, 2.45) is 0 Å². The Morgan fingerprint density at radius 2 is 1.77 bits per heavy atom. The smallest absolute Gasteiger partial charge is 0.321 e. The lowest BCUT2D eigenvalue weighted by molar-refractivity contribution is -0.938. The summed E-state index contributed by atoms with van der Waals surface area (Å²) in [5.41, 5.74) is 1.000. The predicted molar refractivity (Wildman–Crippen MR) is 97.1 cm³/mol. The Hall–Kier alpha value is -1.95. The second kappa shape index (κ2) is 8.62. The second-order valence-corrected chi connectivity index (χ2v) is 7.67. The molecule has 0 spiro atoms. The fraction of sp³-hybridized carbons (Fsp3) is 0.600. The average molecular weight is 362 g/mol. The van der Waals surface area contributed by atoms with Gasteiger partial charge in [-0.3, -0.25) is 10.1 Å². The van der Waals surface area contributed by atoms with Gasteiger partial charge in [-0.05, 0) is 31.9 Å². The highest BCUT2D eigenvalue weighted by atomic mass is 19.1. The molecule has 6 heteroatoms. The molecule has 0 saturated heterocycles. The molecule has 26 heavy (non-hydrogen) atoms. The Kier molecular flexibility index (Phi) is 6.25. The maximum atomic E-state index is 13.1. The number of halogens is 1. The van der Waals surface area contributed by atoms with E-state index < -0.39 is 0 Å². The Balaban J connectivity index is 1.54. The fourth-order valence-corrected chi connectivity index (χ4v) is 3.80. The molecule has 2 fully saturated rings. The number of imide groups is 1. The maximum Gasteiger partial charge on any atom is 0.321 e. The van der Waals surface area contributed by atoms with Crippen LogP contribution < -0.4 is 15.5 Å². The van der Waals surface area contributed by atoms with Crippen LogP contribution in [0, 0.1) is 5.82 Å². The zero-order valence-electron chi connectivity index (χ0n) is 15.4. The normalized spacial score (nSPS) is 20.2. The number of carbonyl (C=O) groups excluding carboxylic acids is 2. The summed E-state index contributed by atoms with van der Waals surface area (Å²) in [6.07, 6.45) is 7.63. The van der Waals surface area contributed by atoms with Crippen molar-refractivity contribution in [1.82, 2.24) is 10.6 Å². The van der Waals surface area contributed by atoms with Gasteiger partial charge in [0.15, 0.2) is 6.04 Å². The monoisotopic (exact) mass is 362 g/mol. The van der Waals surface area contributed by atoms with Crippen molar-refractivity contribution in [3.63, 3.8) is 0 Å². The molecule has 2 atom stereocenters. The second-order valence-electron chi connectivity index (χ2n) is 7.67. The van der Waals surface area contributed by atoms with Crippen molar-refractivity contribution < 1.29 is 18.9 Å². The molecule has 0 bridgehead atoms. The third-order valence-electron chi connectivity index (χ3n) is 5.55. The van der Waals surface area contributed by atoms with E-state index in [0.717, 1.165) is 49.0 Å². The molecule has 142 valence electrons. The molecule has 3 amide bonds.